The van der Waals surface area contributed by atoms with E-state index >= 15 is 0 Å². The molecule has 4 nitrogen and oxygen atoms in total. The quantitative estimate of drug-likeness (QED) is 0.555. The van der Waals surface area contributed by atoms with Crippen molar-refractivity contribution in [3.8, 4) is 23.3 Å². The Bertz CT molecular complexity index is 1050. The van der Waals surface area contributed by atoms with E-state index in [4.69, 9.17) is 10.2 Å². The number of hydrogen-bond donors (Lipinski definition) is 0. The largest absolute Gasteiger partial charge is 0.276 e. The standard InChI is InChI=1S/C20H14N4/c1-14-5-10-17-18(12-14)24(19-4-2-3-11-22-19)20(23-17)16-8-6-15(13-21)7-9-16/h2-12H,1H3. The van der Waals surface area contributed by atoms with Crippen molar-refractivity contribution >= 4 is 11.0 Å². The molecule has 0 N–H and O–H groups in total. The number of nitriles is 1. The van der Waals surface area contributed by atoms with Crippen LogP contribution in [0.5, 0.6) is 0 Å². The summed E-state index contributed by atoms with van der Waals surface area (Å²) in [5.74, 6) is 1.64. The fourth-order valence-electron chi connectivity index (χ4n) is 2.79. The van der Waals surface area contributed by atoms with Crippen molar-refractivity contribution in [2.24, 2.45) is 0 Å². The first-order chi connectivity index (χ1) is 11.8. The zero-order chi connectivity index (χ0) is 16.5. The molecule has 0 radical (unpaired) electrons. The number of nitrogens with zero attached hydrogens (tertiary/aromatic N) is 4. The van der Waals surface area contributed by atoms with Gasteiger partial charge in [-0.1, -0.05) is 12.1 Å². The Morgan fingerprint density at radius 1 is 1.00 bits per heavy atom. The average Bonchev–Trinajstić information content (AvgIpc) is 3.01. The van der Waals surface area contributed by atoms with Crippen LogP contribution in [0.2, 0.25) is 0 Å². The highest BCUT2D eigenvalue weighted by Gasteiger charge is 2.15. The van der Waals surface area contributed by atoms with Gasteiger partial charge in [-0.15, -0.1) is 0 Å². The van der Waals surface area contributed by atoms with Gasteiger partial charge in [0.1, 0.15) is 11.6 Å². The molecule has 4 rings (SSSR count). The first-order valence-corrected chi connectivity index (χ1v) is 7.67. The van der Waals surface area contributed by atoms with Crippen molar-refractivity contribution in [1.82, 2.24) is 14.5 Å². The molecular formula is C20H14N4. The summed E-state index contributed by atoms with van der Waals surface area (Å²) in [5.41, 5.74) is 4.70. The molecule has 4 aromatic rings. The lowest BCUT2D eigenvalue weighted by atomic mass is 10.1. The zero-order valence-corrected chi connectivity index (χ0v) is 13.1. The molecule has 0 spiro atoms. The fourth-order valence-corrected chi connectivity index (χ4v) is 2.79. The van der Waals surface area contributed by atoms with E-state index < -0.39 is 0 Å². The smallest absolute Gasteiger partial charge is 0.146 e. The van der Waals surface area contributed by atoms with Crippen LogP contribution in [0.4, 0.5) is 0 Å². The van der Waals surface area contributed by atoms with Gasteiger partial charge in [-0.25, -0.2) is 9.97 Å². The number of hydrogen-bond acceptors (Lipinski definition) is 3. The van der Waals surface area contributed by atoms with Crippen LogP contribution in [0.25, 0.3) is 28.2 Å². The molecule has 0 aliphatic heterocycles. The van der Waals surface area contributed by atoms with Crippen LogP contribution < -0.4 is 0 Å². The topological polar surface area (TPSA) is 54.5 Å². The average molecular weight is 310 g/mol. The number of benzene rings is 2. The van der Waals surface area contributed by atoms with E-state index in [0.29, 0.717) is 5.56 Å². The summed E-state index contributed by atoms with van der Waals surface area (Å²) in [7, 11) is 0. The van der Waals surface area contributed by atoms with E-state index in [1.165, 1.54) is 5.56 Å². The highest BCUT2D eigenvalue weighted by atomic mass is 15.1. The maximum Gasteiger partial charge on any atom is 0.146 e. The lowest BCUT2D eigenvalue weighted by Crippen LogP contribution is -1.99. The monoisotopic (exact) mass is 310 g/mol. The van der Waals surface area contributed by atoms with Gasteiger partial charge in [0, 0.05) is 11.8 Å². The number of pyridine rings is 1. The molecule has 0 unspecified atom stereocenters. The molecule has 0 bridgehead atoms. The molecule has 0 aliphatic rings. The first-order valence-electron chi connectivity index (χ1n) is 7.67. The van der Waals surface area contributed by atoms with E-state index in [-0.39, 0.29) is 0 Å². The highest BCUT2D eigenvalue weighted by molar-refractivity contribution is 5.83. The maximum atomic E-state index is 9.00. The summed E-state index contributed by atoms with van der Waals surface area (Å²) < 4.78 is 2.06. The lowest BCUT2D eigenvalue weighted by Gasteiger charge is -2.08. The van der Waals surface area contributed by atoms with E-state index in [0.717, 1.165) is 28.2 Å². The summed E-state index contributed by atoms with van der Waals surface area (Å²) >= 11 is 0. The Kier molecular flexibility index (Phi) is 3.33. The van der Waals surface area contributed by atoms with Crippen LogP contribution in [0.3, 0.4) is 0 Å². The Morgan fingerprint density at radius 2 is 1.83 bits per heavy atom. The van der Waals surface area contributed by atoms with Crippen LogP contribution >= 0.6 is 0 Å². The predicted molar refractivity (Wildman–Crippen MR) is 93.8 cm³/mol. The highest BCUT2D eigenvalue weighted by Crippen LogP contribution is 2.28. The molecule has 0 aliphatic carbocycles. The normalized spacial score (nSPS) is 10.7. The summed E-state index contributed by atoms with van der Waals surface area (Å²) in [5, 5.41) is 9.00. The molecule has 2 aromatic heterocycles. The van der Waals surface area contributed by atoms with Crippen LogP contribution in [0.1, 0.15) is 11.1 Å². The van der Waals surface area contributed by atoms with Crippen molar-refractivity contribution in [3.05, 3.63) is 78.0 Å². The van der Waals surface area contributed by atoms with Gasteiger partial charge in [0.15, 0.2) is 0 Å². The second kappa shape index (κ2) is 5.64. The van der Waals surface area contributed by atoms with Crippen molar-refractivity contribution < 1.29 is 0 Å². The summed E-state index contributed by atoms with van der Waals surface area (Å²) in [6.45, 7) is 2.07. The van der Waals surface area contributed by atoms with E-state index in [9.17, 15) is 0 Å². The molecule has 0 saturated carbocycles. The van der Waals surface area contributed by atoms with Gasteiger partial charge < -0.3 is 0 Å². The van der Waals surface area contributed by atoms with Gasteiger partial charge >= 0.3 is 0 Å². The lowest BCUT2D eigenvalue weighted by molar-refractivity contribution is 1.03. The number of rotatable bonds is 2. The summed E-state index contributed by atoms with van der Waals surface area (Å²) in [4.78, 5) is 9.29. The molecule has 114 valence electrons. The second-order valence-electron chi connectivity index (χ2n) is 5.64. The molecule has 0 saturated heterocycles. The molecular weight excluding hydrogens is 296 g/mol. The minimum atomic E-state index is 0.634. The van der Waals surface area contributed by atoms with E-state index in [2.05, 4.69) is 34.7 Å². The maximum absolute atomic E-state index is 9.00. The van der Waals surface area contributed by atoms with Gasteiger partial charge in [-0.2, -0.15) is 5.26 Å². The van der Waals surface area contributed by atoms with Crippen molar-refractivity contribution in [2.75, 3.05) is 0 Å². The second-order valence-corrected chi connectivity index (χ2v) is 5.64. The van der Waals surface area contributed by atoms with Gasteiger partial charge in [0.2, 0.25) is 0 Å². The summed E-state index contributed by atoms with van der Waals surface area (Å²) in [6, 6.07) is 21.6. The Balaban J connectivity index is 2.02. The minimum Gasteiger partial charge on any atom is -0.276 e. The Labute approximate surface area is 139 Å². The molecule has 24 heavy (non-hydrogen) atoms. The van der Waals surface area contributed by atoms with Gasteiger partial charge in [0.05, 0.1) is 22.7 Å². The number of imidazole rings is 1. The number of fused-ring (bicyclic) bond motifs is 1. The fraction of sp³-hybridized carbons (Fsp3) is 0.0500. The van der Waals surface area contributed by atoms with Gasteiger partial charge in [0.25, 0.3) is 0 Å². The molecule has 0 fully saturated rings. The third kappa shape index (κ3) is 2.33. The van der Waals surface area contributed by atoms with Crippen LogP contribution in [0.15, 0.2) is 66.9 Å². The van der Waals surface area contributed by atoms with Crippen molar-refractivity contribution in [3.63, 3.8) is 0 Å². The van der Waals surface area contributed by atoms with Crippen LogP contribution in [-0.2, 0) is 0 Å². The minimum absolute atomic E-state index is 0.634. The van der Waals surface area contributed by atoms with E-state index in [1.54, 1.807) is 6.20 Å². The number of aromatic nitrogens is 3. The Morgan fingerprint density at radius 3 is 2.54 bits per heavy atom. The van der Waals surface area contributed by atoms with Crippen LogP contribution in [0, 0.1) is 18.3 Å². The van der Waals surface area contributed by atoms with Gasteiger partial charge in [-0.3, -0.25) is 4.57 Å². The van der Waals surface area contributed by atoms with E-state index in [1.807, 2.05) is 48.5 Å². The zero-order valence-electron chi connectivity index (χ0n) is 13.1. The first kappa shape index (κ1) is 14.2. The molecule has 4 heteroatoms. The number of aryl methyl sites for hydroxylation is 1. The third-order valence-electron chi connectivity index (χ3n) is 3.96. The van der Waals surface area contributed by atoms with Crippen LogP contribution in [-0.4, -0.2) is 14.5 Å². The summed E-state index contributed by atoms with van der Waals surface area (Å²) in [6.07, 6.45) is 1.78. The third-order valence-corrected chi connectivity index (χ3v) is 3.96. The SMILES string of the molecule is Cc1ccc2nc(-c3ccc(C#N)cc3)n(-c3ccccn3)c2c1. The molecule has 2 heterocycles. The molecule has 0 amide bonds. The molecule has 0 atom stereocenters. The van der Waals surface area contributed by atoms with Crippen molar-refractivity contribution in [2.45, 2.75) is 6.92 Å². The predicted octanol–water partition coefficient (Wildman–Crippen LogP) is 4.27. The molecule has 2 aromatic carbocycles. The van der Waals surface area contributed by atoms with Gasteiger partial charge in [-0.05, 0) is 61.0 Å². The van der Waals surface area contributed by atoms with Crippen molar-refractivity contribution in [1.29, 1.82) is 5.26 Å². The Hall–Kier alpha value is -3.45.